The van der Waals surface area contributed by atoms with Gasteiger partial charge in [0.25, 0.3) is 0 Å². The van der Waals surface area contributed by atoms with Gasteiger partial charge in [0.15, 0.2) is 6.29 Å². The number of nitrogens with two attached hydrogens (primary N) is 1. The zero-order chi connectivity index (χ0) is 10.4. The molecule has 1 fully saturated rings. The quantitative estimate of drug-likeness (QED) is 0.638. The number of ether oxygens (including phenoxy) is 2. The van der Waals surface area contributed by atoms with Crippen LogP contribution in [-0.2, 0) is 9.47 Å². The Hall–Kier alpha value is -0.160. The third-order valence-electron chi connectivity index (χ3n) is 3.18. The van der Waals surface area contributed by atoms with E-state index in [1.807, 2.05) is 0 Å². The minimum atomic E-state index is -0.652. The van der Waals surface area contributed by atoms with Crippen molar-refractivity contribution in [1.82, 2.24) is 0 Å². The van der Waals surface area contributed by atoms with Crippen molar-refractivity contribution < 1.29 is 14.6 Å². The van der Waals surface area contributed by atoms with E-state index in [-0.39, 0.29) is 5.41 Å². The topological polar surface area (TPSA) is 64.7 Å². The lowest BCUT2D eigenvalue weighted by molar-refractivity contribution is -0.0897. The maximum Gasteiger partial charge on any atom is 0.154 e. The van der Waals surface area contributed by atoms with E-state index in [1.54, 1.807) is 0 Å². The van der Waals surface area contributed by atoms with E-state index >= 15 is 0 Å². The molecular weight excluding hydrogens is 182 g/mol. The maximum atomic E-state index is 9.30. The largest absolute Gasteiger partial charge is 0.381 e. The fourth-order valence-corrected chi connectivity index (χ4v) is 1.91. The minimum Gasteiger partial charge on any atom is -0.381 e. The van der Waals surface area contributed by atoms with Crippen molar-refractivity contribution in [2.75, 3.05) is 26.9 Å². The van der Waals surface area contributed by atoms with Gasteiger partial charge in [0.1, 0.15) is 0 Å². The van der Waals surface area contributed by atoms with Crippen molar-refractivity contribution in [3.63, 3.8) is 0 Å². The first-order valence-electron chi connectivity index (χ1n) is 5.21. The summed E-state index contributed by atoms with van der Waals surface area (Å²) in [7, 11) is 1.52. The molecule has 0 saturated carbocycles. The monoisotopic (exact) mass is 203 g/mol. The molecule has 1 atom stereocenters. The third-order valence-corrected chi connectivity index (χ3v) is 3.18. The fraction of sp³-hybridized carbons (Fsp3) is 1.00. The van der Waals surface area contributed by atoms with E-state index in [0.29, 0.717) is 13.0 Å². The van der Waals surface area contributed by atoms with E-state index in [4.69, 9.17) is 15.2 Å². The van der Waals surface area contributed by atoms with E-state index in [0.717, 1.165) is 32.5 Å². The van der Waals surface area contributed by atoms with Gasteiger partial charge in [0.05, 0.1) is 0 Å². The lowest BCUT2D eigenvalue weighted by atomic mass is 9.76. The normalized spacial score (nSPS) is 23.4. The standard InChI is InChI=1S/C10H21NO3/c1-13-9(12)2-3-10(8-11)4-6-14-7-5-10/h9,12H,2-8,11H2,1H3. The summed E-state index contributed by atoms with van der Waals surface area (Å²) in [6.07, 6.45) is 2.93. The Morgan fingerprint density at radius 2 is 2.14 bits per heavy atom. The van der Waals surface area contributed by atoms with E-state index in [2.05, 4.69) is 0 Å². The molecule has 0 radical (unpaired) electrons. The van der Waals surface area contributed by atoms with Crippen LogP contribution in [0.15, 0.2) is 0 Å². The van der Waals surface area contributed by atoms with Crippen LogP contribution in [0.4, 0.5) is 0 Å². The highest BCUT2D eigenvalue weighted by atomic mass is 16.6. The Kier molecular flexibility index (Phi) is 4.81. The molecule has 0 aromatic rings. The Balaban J connectivity index is 2.36. The molecule has 0 spiro atoms. The fourth-order valence-electron chi connectivity index (χ4n) is 1.91. The number of methoxy groups -OCH3 is 1. The van der Waals surface area contributed by atoms with Gasteiger partial charge in [0, 0.05) is 20.3 Å². The molecule has 0 aromatic carbocycles. The van der Waals surface area contributed by atoms with E-state index < -0.39 is 6.29 Å². The van der Waals surface area contributed by atoms with Gasteiger partial charge in [-0.2, -0.15) is 0 Å². The first kappa shape index (κ1) is 11.9. The summed E-state index contributed by atoms with van der Waals surface area (Å²) >= 11 is 0. The summed E-state index contributed by atoms with van der Waals surface area (Å²) in [5.41, 5.74) is 5.95. The van der Waals surface area contributed by atoms with Crippen LogP contribution in [-0.4, -0.2) is 38.3 Å². The first-order chi connectivity index (χ1) is 6.72. The molecule has 84 valence electrons. The highest BCUT2D eigenvalue weighted by Crippen LogP contribution is 2.34. The van der Waals surface area contributed by atoms with Crippen molar-refractivity contribution in [3.05, 3.63) is 0 Å². The Morgan fingerprint density at radius 3 is 2.64 bits per heavy atom. The predicted molar refractivity (Wildman–Crippen MR) is 53.8 cm³/mol. The molecule has 1 rings (SSSR count). The van der Waals surface area contributed by atoms with Crippen LogP contribution >= 0.6 is 0 Å². The minimum absolute atomic E-state index is 0.164. The molecule has 0 bridgehead atoms. The zero-order valence-electron chi connectivity index (χ0n) is 8.87. The van der Waals surface area contributed by atoms with Crippen molar-refractivity contribution in [2.45, 2.75) is 32.0 Å². The Morgan fingerprint density at radius 1 is 1.50 bits per heavy atom. The molecule has 1 unspecified atom stereocenters. The molecule has 14 heavy (non-hydrogen) atoms. The van der Waals surface area contributed by atoms with Crippen LogP contribution in [0.3, 0.4) is 0 Å². The number of aliphatic hydroxyl groups is 1. The second-order valence-electron chi connectivity index (χ2n) is 4.05. The smallest absolute Gasteiger partial charge is 0.154 e. The first-order valence-corrected chi connectivity index (χ1v) is 5.21. The van der Waals surface area contributed by atoms with Crippen molar-refractivity contribution in [3.8, 4) is 0 Å². The Labute approximate surface area is 85.4 Å². The maximum absolute atomic E-state index is 9.30. The summed E-state index contributed by atoms with van der Waals surface area (Å²) in [4.78, 5) is 0. The van der Waals surface area contributed by atoms with Gasteiger partial charge >= 0.3 is 0 Å². The molecule has 0 amide bonds. The Bertz CT molecular complexity index is 157. The van der Waals surface area contributed by atoms with Gasteiger partial charge in [-0.3, -0.25) is 0 Å². The van der Waals surface area contributed by atoms with Gasteiger partial charge in [-0.1, -0.05) is 0 Å². The molecule has 0 aromatic heterocycles. The van der Waals surface area contributed by atoms with Crippen LogP contribution in [0.2, 0.25) is 0 Å². The summed E-state index contributed by atoms with van der Waals surface area (Å²) in [6, 6.07) is 0. The van der Waals surface area contributed by atoms with Gasteiger partial charge in [-0.05, 0) is 37.6 Å². The molecule has 0 aliphatic carbocycles. The van der Waals surface area contributed by atoms with Crippen molar-refractivity contribution in [1.29, 1.82) is 0 Å². The summed E-state index contributed by atoms with van der Waals surface area (Å²) < 4.78 is 10.1. The number of aliphatic hydroxyl groups excluding tert-OH is 1. The van der Waals surface area contributed by atoms with E-state index in [9.17, 15) is 5.11 Å². The number of rotatable bonds is 5. The lowest BCUT2D eigenvalue weighted by Crippen LogP contribution is -2.37. The molecule has 4 nitrogen and oxygen atoms in total. The predicted octanol–water partition coefficient (Wildman–Crippen LogP) is 0.487. The zero-order valence-corrected chi connectivity index (χ0v) is 8.87. The molecular formula is C10H21NO3. The van der Waals surface area contributed by atoms with Gasteiger partial charge in [-0.25, -0.2) is 0 Å². The van der Waals surface area contributed by atoms with Crippen LogP contribution in [0.5, 0.6) is 0 Å². The molecule has 1 heterocycles. The summed E-state index contributed by atoms with van der Waals surface area (Å²) in [5, 5.41) is 9.30. The molecule has 1 aliphatic rings. The van der Waals surface area contributed by atoms with Crippen molar-refractivity contribution in [2.24, 2.45) is 11.1 Å². The average Bonchev–Trinajstić information content (AvgIpc) is 2.27. The molecule has 3 N–H and O–H groups in total. The van der Waals surface area contributed by atoms with Gasteiger partial charge in [0.2, 0.25) is 0 Å². The highest BCUT2D eigenvalue weighted by Gasteiger charge is 2.31. The number of hydrogen-bond donors (Lipinski definition) is 2. The second kappa shape index (κ2) is 5.66. The van der Waals surface area contributed by atoms with Crippen LogP contribution in [0.25, 0.3) is 0 Å². The molecule has 4 heteroatoms. The second-order valence-corrected chi connectivity index (χ2v) is 4.05. The summed E-state index contributed by atoms with van der Waals surface area (Å²) in [5.74, 6) is 0. The number of hydrogen-bond acceptors (Lipinski definition) is 4. The molecule has 1 saturated heterocycles. The van der Waals surface area contributed by atoms with Gasteiger partial charge < -0.3 is 20.3 Å². The highest BCUT2D eigenvalue weighted by molar-refractivity contribution is 4.82. The lowest BCUT2D eigenvalue weighted by Gasteiger charge is -2.36. The van der Waals surface area contributed by atoms with Crippen molar-refractivity contribution >= 4 is 0 Å². The third kappa shape index (κ3) is 3.20. The van der Waals surface area contributed by atoms with E-state index in [1.165, 1.54) is 7.11 Å². The average molecular weight is 203 g/mol. The van der Waals surface area contributed by atoms with Crippen LogP contribution in [0, 0.1) is 5.41 Å². The molecule has 1 aliphatic heterocycles. The van der Waals surface area contributed by atoms with Crippen LogP contribution in [0.1, 0.15) is 25.7 Å². The van der Waals surface area contributed by atoms with Gasteiger partial charge in [-0.15, -0.1) is 0 Å². The summed E-state index contributed by atoms with van der Waals surface area (Å²) in [6.45, 7) is 2.26. The SMILES string of the molecule is COC(O)CCC1(CN)CCOCC1. The van der Waals surface area contributed by atoms with Crippen LogP contribution < -0.4 is 5.73 Å².